The monoisotopic (exact) mass is 300 g/mol. The standard InChI is InChI=1S/C13H20N2O2S2/c1-12(2,10(16)17)9-7-18-11(15-9)14-8-13(3)5-4-6-19-13/h7H,4-6,8H2,1-3H3,(H,14,15)(H,16,17). The Morgan fingerprint density at radius 2 is 2.37 bits per heavy atom. The fourth-order valence-electron chi connectivity index (χ4n) is 1.99. The maximum absolute atomic E-state index is 11.2. The highest BCUT2D eigenvalue weighted by atomic mass is 32.2. The molecule has 1 atom stereocenters. The van der Waals surface area contributed by atoms with Gasteiger partial charge in [-0.3, -0.25) is 4.79 Å². The summed E-state index contributed by atoms with van der Waals surface area (Å²) in [5.74, 6) is 0.385. The van der Waals surface area contributed by atoms with Crippen LogP contribution in [0.4, 0.5) is 5.13 Å². The number of rotatable bonds is 5. The van der Waals surface area contributed by atoms with Crippen molar-refractivity contribution in [1.82, 2.24) is 4.98 Å². The van der Waals surface area contributed by atoms with Crippen LogP contribution < -0.4 is 5.32 Å². The fraction of sp³-hybridized carbons (Fsp3) is 0.692. The summed E-state index contributed by atoms with van der Waals surface area (Å²) in [5.41, 5.74) is -0.306. The first-order valence-corrected chi connectivity index (χ1v) is 8.27. The van der Waals surface area contributed by atoms with Gasteiger partial charge in [0.05, 0.1) is 5.69 Å². The van der Waals surface area contributed by atoms with E-state index in [2.05, 4.69) is 17.2 Å². The quantitative estimate of drug-likeness (QED) is 0.874. The number of hydrogen-bond donors (Lipinski definition) is 2. The number of thioether (sulfide) groups is 1. The third-order valence-corrected chi connectivity index (χ3v) is 5.93. The molecule has 1 aliphatic rings. The molecule has 2 N–H and O–H groups in total. The molecule has 1 saturated heterocycles. The van der Waals surface area contributed by atoms with Gasteiger partial charge in [-0.1, -0.05) is 0 Å². The molecule has 4 nitrogen and oxygen atoms in total. The van der Waals surface area contributed by atoms with Gasteiger partial charge in [0.2, 0.25) is 0 Å². The van der Waals surface area contributed by atoms with Crippen molar-refractivity contribution < 1.29 is 9.90 Å². The largest absolute Gasteiger partial charge is 0.481 e. The molecule has 0 spiro atoms. The van der Waals surface area contributed by atoms with Crippen molar-refractivity contribution >= 4 is 34.2 Å². The second-order valence-corrected chi connectivity index (χ2v) is 8.26. The van der Waals surface area contributed by atoms with Crippen molar-refractivity contribution in [1.29, 1.82) is 0 Å². The van der Waals surface area contributed by atoms with E-state index >= 15 is 0 Å². The third-order valence-electron chi connectivity index (χ3n) is 3.59. The molecule has 0 aliphatic carbocycles. The summed E-state index contributed by atoms with van der Waals surface area (Å²) in [7, 11) is 0. The zero-order valence-corrected chi connectivity index (χ0v) is 13.2. The molecule has 106 valence electrons. The van der Waals surface area contributed by atoms with Crippen LogP contribution in [0.3, 0.4) is 0 Å². The summed E-state index contributed by atoms with van der Waals surface area (Å²) in [6.07, 6.45) is 2.50. The lowest BCUT2D eigenvalue weighted by Gasteiger charge is -2.22. The number of nitrogens with one attached hydrogen (secondary N) is 1. The molecule has 1 unspecified atom stereocenters. The van der Waals surface area contributed by atoms with Gasteiger partial charge in [0, 0.05) is 16.7 Å². The summed E-state index contributed by atoms with van der Waals surface area (Å²) in [6.45, 7) is 6.52. The second-order valence-electron chi connectivity index (χ2n) is 5.72. The van der Waals surface area contributed by atoms with Crippen LogP contribution in [0.1, 0.15) is 39.3 Å². The van der Waals surface area contributed by atoms with Crippen molar-refractivity contribution in [3.63, 3.8) is 0 Å². The van der Waals surface area contributed by atoms with Gasteiger partial charge in [0.15, 0.2) is 5.13 Å². The van der Waals surface area contributed by atoms with Crippen LogP contribution in [0, 0.1) is 0 Å². The van der Waals surface area contributed by atoms with Gasteiger partial charge in [-0.2, -0.15) is 11.8 Å². The average molecular weight is 300 g/mol. The number of anilines is 1. The Morgan fingerprint density at radius 3 is 2.95 bits per heavy atom. The highest BCUT2D eigenvalue weighted by Gasteiger charge is 2.33. The normalized spacial score (nSPS) is 23.5. The molecule has 0 radical (unpaired) electrons. The fourth-order valence-corrected chi connectivity index (χ4v) is 4.11. The lowest BCUT2D eigenvalue weighted by atomic mass is 9.90. The zero-order valence-electron chi connectivity index (χ0n) is 11.5. The second kappa shape index (κ2) is 5.32. The molecule has 0 bridgehead atoms. The zero-order chi connectivity index (χ0) is 14.1. The van der Waals surface area contributed by atoms with Crippen LogP contribution in [0.2, 0.25) is 0 Å². The van der Waals surface area contributed by atoms with Crippen LogP contribution in [0.25, 0.3) is 0 Å². The number of aliphatic carboxylic acids is 1. The van der Waals surface area contributed by atoms with E-state index in [1.165, 1.54) is 29.9 Å². The highest BCUT2D eigenvalue weighted by molar-refractivity contribution is 8.00. The summed E-state index contributed by atoms with van der Waals surface area (Å²) >= 11 is 3.48. The molecule has 0 amide bonds. The Kier molecular flexibility index (Phi) is 4.11. The van der Waals surface area contributed by atoms with Gasteiger partial charge >= 0.3 is 5.97 Å². The minimum Gasteiger partial charge on any atom is -0.481 e. The topological polar surface area (TPSA) is 62.2 Å². The predicted molar refractivity (Wildman–Crippen MR) is 81.4 cm³/mol. The first-order valence-electron chi connectivity index (χ1n) is 6.41. The van der Waals surface area contributed by atoms with Gasteiger partial charge < -0.3 is 10.4 Å². The molecular weight excluding hydrogens is 280 g/mol. The van der Waals surface area contributed by atoms with E-state index in [9.17, 15) is 9.90 Å². The average Bonchev–Trinajstić information content (AvgIpc) is 2.96. The van der Waals surface area contributed by atoms with Gasteiger partial charge in [0.1, 0.15) is 5.41 Å². The third kappa shape index (κ3) is 3.23. The van der Waals surface area contributed by atoms with Crippen LogP contribution in [-0.2, 0) is 10.2 Å². The van der Waals surface area contributed by atoms with Gasteiger partial charge in [-0.25, -0.2) is 4.98 Å². The summed E-state index contributed by atoms with van der Waals surface area (Å²) in [4.78, 5) is 15.6. The summed E-state index contributed by atoms with van der Waals surface area (Å²) in [6, 6.07) is 0. The Labute approximate surface area is 122 Å². The van der Waals surface area contributed by atoms with E-state index in [1.54, 1.807) is 13.8 Å². The van der Waals surface area contributed by atoms with Crippen LogP contribution >= 0.6 is 23.1 Å². The minimum absolute atomic E-state index is 0.286. The maximum Gasteiger partial charge on any atom is 0.315 e. The van der Waals surface area contributed by atoms with E-state index in [4.69, 9.17) is 0 Å². The molecule has 2 heterocycles. The molecule has 1 aliphatic heterocycles. The maximum atomic E-state index is 11.2. The molecule has 1 aromatic heterocycles. The van der Waals surface area contributed by atoms with Crippen molar-refractivity contribution in [2.45, 2.75) is 43.8 Å². The van der Waals surface area contributed by atoms with Crippen LogP contribution in [0.5, 0.6) is 0 Å². The molecule has 2 rings (SSSR count). The summed E-state index contributed by atoms with van der Waals surface area (Å²) < 4.78 is 0.286. The molecule has 6 heteroatoms. The van der Waals surface area contributed by atoms with Gasteiger partial charge in [0.25, 0.3) is 0 Å². The van der Waals surface area contributed by atoms with Crippen molar-refractivity contribution in [2.24, 2.45) is 0 Å². The molecule has 1 fully saturated rings. The molecule has 0 saturated carbocycles. The molecular formula is C13H20N2O2S2. The Bertz CT molecular complexity index is 465. The van der Waals surface area contributed by atoms with Gasteiger partial charge in [-0.05, 0) is 39.4 Å². The van der Waals surface area contributed by atoms with Gasteiger partial charge in [-0.15, -0.1) is 11.3 Å². The van der Waals surface area contributed by atoms with E-state index in [-0.39, 0.29) is 4.75 Å². The number of hydrogen-bond acceptors (Lipinski definition) is 5. The smallest absolute Gasteiger partial charge is 0.315 e. The van der Waals surface area contributed by atoms with Crippen molar-refractivity contribution in [3.05, 3.63) is 11.1 Å². The predicted octanol–water partition coefficient (Wildman–Crippen LogP) is 3.20. The number of aromatic nitrogens is 1. The lowest BCUT2D eigenvalue weighted by molar-refractivity contribution is -0.142. The van der Waals surface area contributed by atoms with Crippen LogP contribution in [-0.4, -0.2) is 33.1 Å². The van der Waals surface area contributed by atoms with Crippen molar-refractivity contribution in [3.8, 4) is 0 Å². The van der Waals surface area contributed by atoms with E-state index in [0.717, 1.165) is 11.7 Å². The van der Waals surface area contributed by atoms with E-state index in [1.807, 2.05) is 17.1 Å². The Balaban J connectivity index is 2.00. The number of thiazole rings is 1. The first-order chi connectivity index (χ1) is 8.83. The SMILES string of the molecule is CC1(CNc2nc(C(C)(C)C(=O)O)cs2)CCCS1. The van der Waals surface area contributed by atoms with Crippen LogP contribution in [0.15, 0.2) is 5.38 Å². The highest BCUT2D eigenvalue weighted by Crippen LogP contribution is 2.38. The number of carboxylic acids is 1. The van der Waals surface area contributed by atoms with E-state index < -0.39 is 11.4 Å². The minimum atomic E-state index is -0.928. The molecule has 0 aromatic carbocycles. The Hall–Kier alpha value is -0.750. The first kappa shape index (κ1) is 14.7. The number of carbonyl (C=O) groups is 1. The molecule has 19 heavy (non-hydrogen) atoms. The lowest BCUT2D eigenvalue weighted by Crippen LogP contribution is -2.29. The van der Waals surface area contributed by atoms with Crippen molar-refractivity contribution in [2.75, 3.05) is 17.6 Å². The Morgan fingerprint density at radius 1 is 1.63 bits per heavy atom. The number of carboxylic acid groups (broad SMARTS) is 1. The van der Waals surface area contributed by atoms with E-state index in [0.29, 0.717) is 5.69 Å². The molecule has 1 aromatic rings. The number of nitrogens with zero attached hydrogens (tertiary/aromatic N) is 1. The summed E-state index contributed by atoms with van der Waals surface area (Å²) in [5, 5.41) is 15.2.